The highest BCUT2D eigenvalue weighted by molar-refractivity contribution is 6.05. The van der Waals surface area contributed by atoms with Gasteiger partial charge in [0, 0.05) is 12.7 Å². The van der Waals surface area contributed by atoms with Crippen LogP contribution >= 0.6 is 0 Å². The summed E-state index contributed by atoms with van der Waals surface area (Å²) in [6, 6.07) is 2.65. The molecule has 0 saturated heterocycles. The molecule has 8 nitrogen and oxygen atoms in total. The van der Waals surface area contributed by atoms with Gasteiger partial charge in [-0.2, -0.15) is 5.10 Å². The topological polar surface area (TPSA) is 103 Å². The highest BCUT2D eigenvalue weighted by atomic mass is 16.5. The van der Waals surface area contributed by atoms with Gasteiger partial charge in [0.15, 0.2) is 11.5 Å². The van der Waals surface area contributed by atoms with Gasteiger partial charge < -0.3 is 19.9 Å². The number of ether oxygens (including phenoxy) is 2. The van der Waals surface area contributed by atoms with Crippen molar-refractivity contribution < 1.29 is 24.2 Å². The number of hydrogen-bond acceptors (Lipinski definition) is 5. The first-order valence-corrected chi connectivity index (χ1v) is 7.33. The van der Waals surface area contributed by atoms with Crippen LogP contribution in [0.5, 0.6) is 11.5 Å². The first-order valence-electron chi connectivity index (χ1n) is 7.33. The number of aromatic carboxylic acids is 1. The van der Waals surface area contributed by atoms with E-state index in [1.54, 1.807) is 10.9 Å². The fourth-order valence-electron chi connectivity index (χ4n) is 2.21. The van der Waals surface area contributed by atoms with Crippen LogP contribution in [0.4, 0.5) is 5.69 Å². The van der Waals surface area contributed by atoms with Crippen LogP contribution < -0.4 is 14.8 Å². The van der Waals surface area contributed by atoms with Crippen molar-refractivity contribution in [3.05, 3.63) is 35.7 Å². The minimum absolute atomic E-state index is 0.0235. The summed E-state index contributed by atoms with van der Waals surface area (Å²) < 4.78 is 12.0. The number of nitrogens with zero attached hydrogens (tertiary/aromatic N) is 2. The van der Waals surface area contributed by atoms with E-state index in [-0.39, 0.29) is 22.7 Å². The number of hydrogen-bond donors (Lipinski definition) is 2. The van der Waals surface area contributed by atoms with E-state index >= 15 is 0 Å². The summed E-state index contributed by atoms with van der Waals surface area (Å²) in [5, 5.41) is 15.9. The molecule has 0 unspecified atom stereocenters. The lowest BCUT2D eigenvalue weighted by Crippen LogP contribution is -2.13. The molecule has 8 heteroatoms. The van der Waals surface area contributed by atoms with Crippen molar-refractivity contribution in [2.45, 2.75) is 19.9 Å². The molecule has 0 bridgehead atoms. The highest BCUT2D eigenvalue weighted by Crippen LogP contribution is 2.36. The Morgan fingerprint density at radius 1 is 1.25 bits per heavy atom. The van der Waals surface area contributed by atoms with Crippen LogP contribution in [0.25, 0.3) is 0 Å². The zero-order valence-electron chi connectivity index (χ0n) is 13.7. The normalized spacial score (nSPS) is 10.3. The number of carbonyl (C=O) groups is 2. The second kappa shape index (κ2) is 7.49. The molecule has 0 aliphatic rings. The maximum atomic E-state index is 12.4. The minimum atomic E-state index is -1.14. The molecule has 0 aliphatic heterocycles. The number of nitrogens with one attached hydrogen (secondary N) is 1. The van der Waals surface area contributed by atoms with Gasteiger partial charge in [-0.15, -0.1) is 0 Å². The summed E-state index contributed by atoms with van der Waals surface area (Å²) in [6.45, 7) is 2.72. The molecule has 0 atom stereocenters. The maximum absolute atomic E-state index is 12.4. The number of carbonyl (C=O) groups excluding carboxylic acids is 1. The summed E-state index contributed by atoms with van der Waals surface area (Å²) in [4.78, 5) is 23.6. The number of amides is 1. The number of carboxylic acids is 1. The summed E-state index contributed by atoms with van der Waals surface area (Å²) >= 11 is 0. The van der Waals surface area contributed by atoms with Gasteiger partial charge >= 0.3 is 5.97 Å². The van der Waals surface area contributed by atoms with Gasteiger partial charge in [-0.3, -0.25) is 9.48 Å². The summed E-state index contributed by atoms with van der Waals surface area (Å²) in [5.74, 6) is -1.09. The molecule has 0 radical (unpaired) electrons. The maximum Gasteiger partial charge on any atom is 0.335 e. The van der Waals surface area contributed by atoms with Crippen molar-refractivity contribution in [3.63, 3.8) is 0 Å². The molecular formula is C16H19N3O5. The third kappa shape index (κ3) is 3.65. The molecule has 24 heavy (non-hydrogen) atoms. The molecular weight excluding hydrogens is 314 g/mol. The quantitative estimate of drug-likeness (QED) is 0.806. The standard InChI is InChI=1S/C16H19N3O5/c1-4-5-19-9-11(8-17-19)15(20)18-12-6-10(16(21)22)7-13(23-2)14(12)24-3/h6-9H,4-5H2,1-3H3,(H,18,20)(H,21,22). The van der Waals surface area contributed by atoms with E-state index in [4.69, 9.17) is 9.47 Å². The molecule has 0 aliphatic carbocycles. The van der Waals surface area contributed by atoms with Crippen LogP contribution in [0.3, 0.4) is 0 Å². The lowest BCUT2D eigenvalue weighted by molar-refractivity contribution is 0.0696. The first kappa shape index (κ1) is 17.3. The number of benzene rings is 1. The minimum Gasteiger partial charge on any atom is -0.493 e. The number of rotatable bonds is 7. The van der Waals surface area contributed by atoms with Gasteiger partial charge in [0.2, 0.25) is 0 Å². The average molecular weight is 333 g/mol. The van der Waals surface area contributed by atoms with Gasteiger partial charge in [-0.1, -0.05) is 6.92 Å². The monoisotopic (exact) mass is 333 g/mol. The van der Waals surface area contributed by atoms with Crippen molar-refractivity contribution in [1.82, 2.24) is 9.78 Å². The molecule has 1 amide bonds. The molecule has 0 spiro atoms. The van der Waals surface area contributed by atoms with E-state index < -0.39 is 11.9 Å². The van der Waals surface area contributed by atoms with Crippen molar-refractivity contribution in [3.8, 4) is 11.5 Å². The molecule has 1 aromatic carbocycles. The zero-order chi connectivity index (χ0) is 17.7. The Kier molecular flexibility index (Phi) is 5.41. The fourth-order valence-corrected chi connectivity index (χ4v) is 2.21. The molecule has 0 saturated carbocycles. The SMILES string of the molecule is CCCn1cc(C(=O)Nc2cc(C(=O)O)cc(OC)c2OC)cn1. The van der Waals surface area contributed by atoms with Crippen molar-refractivity contribution in [2.24, 2.45) is 0 Å². The van der Waals surface area contributed by atoms with Crippen LogP contribution in [0.15, 0.2) is 24.5 Å². The first-order chi connectivity index (χ1) is 11.5. The molecule has 1 aromatic heterocycles. The van der Waals surface area contributed by atoms with Gasteiger partial charge in [0.05, 0.1) is 37.2 Å². The third-order valence-corrected chi connectivity index (χ3v) is 3.32. The summed E-state index contributed by atoms with van der Waals surface area (Å²) in [7, 11) is 2.80. The zero-order valence-corrected chi connectivity index (χ0v) is 13.7. The number of aromatic nitrogens is 2. The van der Waals surface area contributed by atoms with E-state index in [1.165, 1.54) is 32.5 Å². The second-order valence-corrected chi connectivity index (χ2v) is 5.01. The molecule has 2 aromatic rings. The Bertz CT molecular complexity index is 754. The molecule has 2 rings (SSSR count). The number of anilines is 1. The van der Waals surface area contributed by atoms with Crippen LogP contribution in [-0.2, 0) is 6.54 Å². The van der Waals surface area contributed by atoms with Crippen molar-refractivity contribution in [2.75, 3.05) is 19.5 Å². The average Bonchev–Trinajstić information content (AvgIpc) is 3.03. The van der Waals surface area contributed by atoms with Gasteiger partial charge in [0.25, 0.3) is 5.91 Å². The second-order valence-electron chi connectivity index (χ2n) is 5.01. The molecule has 2 N–H and O–H groups in total. The predicted octanol–water partition coefficient (Wildman–Crippen LogP) is 2.26. The summed E-state index contributed by atoms with van der Waals surface area (Å²) in [5.41, 5.74) is 0.553. The van der Waals surface area contributed by atoms with Gasteiger partial charge in [0.1, 0.15) is 0 Å². The fraction of sp³-hybridized carbons (Fsp3) is 0.312. The van der Waals surface area contributed by atoms with E-state index in [0.29, 0.717) is 12.1 Å². The Morgan fingerprint density at radius 2 is 2.00 bits per heavy atom. The van der Waals surface area contributed by atoms with Crippen LogP contribution in [-0.4, -0.2) is 41.0 Å². The summed E-state index contributed by atoms with van der Waals surface area (Å²) in [6.07, 6.45) is 3.98. The van der Waals surface area contributed by atoms with Crippen molar-refractivity contribution in [1.29, 1.82) is 0 Å². The largest absolute Gasteiger partial charge is 0.493 e. The Hall–Kier alpha value is -3.03. The highest BCUT2D eigenvalue weighted by Gasteiger charge is 2.18. The Balaban J connectivity index is 2.34. The van der Waals surface area contributed by atoms with Gasteiger partial charge in [-0.05, 0) is 18.6 Å². The lowest BCUT2D eigenvalue weighted by Gasteiger charge is -2.14. The van der Waals surface area contributed by atoms with E-state index in [0.717, 1.165) is 6.42 Å². The van der Waals surface area contributed by atoms with E-state index in [1.807, 2.05) is 6.92 Å². The molecule has 1 heterocycles. The van der Waals surface area contributed by atoms with Crippen LogP contribution in [0, 0.1) is 0 Å². The van der Waals surface area contributed by atoms with Crippen LogP contribution in [0.1, 0.15) is 34.1 Å². The van der Waals surface area contributed by atoms with E-state index in [9.17, 15) is 14.7 Å². The van der Waals surface area contributed by atoms with E-state index in [2.05, 4.69) is 10.4 Å². The smallest absolute Gasteiger partial charge is 0.335 e. The van der Waals surface area contributed by atoms with Crippen LogP contribution in [0.2, 0.25) is 0 Å². The predicted molar refractivity (Wildman–Crippen MR) is 87.0 cm³/mol. The third-order valence-electron chi connectivity index (χ3n) is 3.32. The molecule has 0 fully saturated rings. The van der Waals surface area contributed by atoms with Gasteiger partial charge in [-0.25, -0.2) is 4.79 Å². The Labute approximate surface area is 139 Å². The number of aryl methyl sites for hydroxylation is 1. The Morgan fingerprint density at radius 3 is 2.58 bits per heavy atom. The number of carboxylic acid groups (broad SMARTS) is 1. The lowest BCUT2D eigenvalue weighted by atomic mass is 10.1. The molecule has 128 valence electrons. The number of methoxy groups -OCH3 is 2. The van der Waals surface area contributed by atoms with Crippen molar-refractivity contribution >= 4 is 17.6 Å².